The van der Waals surface area contributed by atoms with E-state index in [1.54, 1.807) is 6.92 Å². The van der Waals surface area contributed by atoms with Gasteiger partial charge in [0.1, 0.15) is 12.6 Å². The number of benzene rings is 2. The predicted octanol–water partition coefficient (Wildman–Crippen LogP) is 4.13. The first-order valence-electron chi connectivity index (χ1n) is 11.0. The van der Waals surface area contributed by atoms with E-state index in [0.717, 1.165) is 22.5 Å². The highest BCUT2D eigenvalue weighted by molar-refractivity contribution is 7.92. The summed E-state index contributed by atoms with van der Waals surface area (Å²) in [6.45, 7) is 5.19. The van der Waals surface area contributed by atoms with Gasteiger partial charge in [0.05, 0.1) is 17.0 Å². The largest absolute Gasteiger partial charge is 0.352 e. The van der Waals surface area contributed by atoms with Crippen molar-refractivity contribution < 1.29 is 18.0 Å². The van der Waals surface area contributed by atoms with Gasteiger partial charge < -0.3 is 10.2 Å². The van der Waals surface area contributed by atoms with Crippen molar-refractivity contribution in [1.29, 1.82) is 0 Å². The van der Waals surface area contributed by atoms with E-state index in [0.29, 0.717) is 6.42 Å². The molecule has 34 heavy (non-hydrogen) atoms. The van der Waals surface area contributed by atoms with Gasteiger partial charge in [0.15, 0.2) is 0 Å². The summed E-state index contributed by atoms with van der Waals surface area (Å²) in [5.74, 6) is -0.827. The lowest BCUT2D eigenvalue weighted by atomic mass is 10.1. The summed E-state index contributed by atoms with van der Waals surface area (Å²) >= 11 is 12.3. The van der Waals surface area contributed by atoms with Crippen LogP contribution < -0.4 is 9.62 Å². The number of sulfonamides is 1. The van der Waals surface area contributed by atoms with E-state index in [4.69, 9.17) is 23.2 Å². The number of amides is 2. The Morgan fingerprint density at radius 2 is 1.71 bits per heavy atom. The molecule has 2 amide bonds. The summed E-state index contributed by atoms with van der Waals surface area (Å²) in [7, 11) is -3.88. The van der Waals surface area contributed by atoms with Gasteiger partial charge in [0.25, 0.3) is 0 Å². The molecule has 0 aliphatic carbocycles. The molecule has 0 bridgehead atoms. The fourth-order valence-corrected chi connectivity index (χ4v) is 4.60. The third-order valence-electron chi connectivity index (χ3n) is 5.51. The molecule has 0 radical (unpaired) electrons. The molecule has 0 aliphatic heterocycles. The van der Waals surface area contributed by atoms with E-state index < -0.39 is 28.5 Å². The van der Waals surface area contributed by atoms with Crippen molar-refractivity contribution in [3.63, 3.8) is 0 Å². The molecule has 0 saturated heterocycles. The van der Waals surface area contributed by atoms with Gasteiger partial charge in [-0.05, 0) is 50.5 Å². The maximum Gasteiger partial charge on any atom is 0.244 e. The van der Waals surface area contributed by atoms with Gasteiger partial charge in [-0.1, -0.05) is 60.5 Å². The first-order valence-corrected chi connectivity index (χ1v) is 13.6. The Morgan fingerprint density at radius 3 is 2.29 bits per heavy atom. The summed E-state index contributed by atoms with van der Waals surface area (Å²) in [6, 6.07) is 13.1. The van der Waals surface area contributed by atoms with Crippen LogP contribution in [0.3, 0.4) is 0 Å². The van der Waals surface area contributed by atoms with Gasteiger partial charge >= 0.3 is 0 Å². The fourth-order valence-electron chi connectivity index (χ4n) is 3.31. The molecule has 10 heteroatoms. The Kier molecular flexibility index (Phi) is 10.2. The number of nitrogens with zero attached hydrogens (tertiary/aromatic N) is 2. The number of hydrogen-bond acceptors (Lipinski definition) is 4. The monoisotopic (exact) mass is 527 g/mol. The number of halogens is 2. The molecule has 0 aromatic heterocycles. The Hall–Kier alpha value is -2.29. The Labute approximate surface area is 212 Å². The average Bonchev–Trinajstić information content (AvgIpc) is 2.79. The summed E-state index contributed by atoms with van der Waals surface area (Å²) < 4.78 is 26.1. The van der Waals surface area contributed by atoms with Crippen LogP contribution in [0.1, 0.15) is 32.8 Å². The molecule has 0 aliphatic rings. The summed E-state index contributed by atoms with van der Waals surface area (Å²) in [5.41, 5.74) is 1.09. The molecule has 2 rings (SSSR count). The molecular weight excluding hydrogens is 497 g/mol. The summed E-state index contributed by atoms with van der Waals surface area (Å²) in [4.78, 5) is 27.7. The van der Waals surface area contributed by atoms with Crippen molar-refractivity contribution in [2.24, 2.45) is 0 Å². The van der Waals surface area contributed by atoms with Crippen molar-refractivity contribution in [2.45, 2.75) is 45.7 Å². The van der Waals surface area contributed by atoms with E-state index in [9.17, 15) is 18.0 Å². The quantitative estimate of drug-likeness (QED) is 0.475. The van der Waals surface area contributed by atoms with E-state index >= 15 is 0 Å². The number of hydrogen-bond donors (Lipinski definition) is 1. The van der Waals surface area contributed by atoms with E-state index in [1.807, 2.05) is 44.2 Å². The fraction of sp³-hybridized carbons (Fsp3) is 0.417. The smallest absolute Gasteiger partial charge is 0.244 e. The normalized spacial score (nSPS) is 13.1. The van der Waals surface area contributed by atoms with Gasteiger partial charge in [0, 0.05) is 17.6 Å². The number of nitrogens with one attached hydrogen (secondary N) is 1. The first-order chi connectivity index (χ1) is 15.9. The average molecular weight is 529 g/mol. The van der Waals surface area contributed by atoms with Crippen molar-refractivity contribution in [3.8, 4) is 0 Å². The van der Waals surface area contributed by atoms with Crippen LogP contribution in [0.15, 0.2) is 48.5 Å². The molecule has 2 aromatic carbocycles. The molecule has 2 aromatic rings. The van der Waals surface area contributed by atoms with Gasteiger partial charge in [-0.2, -0.15) is 0 Å². The topological polar surface area (TPSA) is 86.8 Å². The number of anilines is 1. The lowest BCUT2D eigenvalue weighted by Gasteiger charge is -2.32. The Morgan fingerprint density at radius 1 is 1.06 bits per heavy atom. The second-order valence-electron chi connectivity index (χ2n) is 8.18. The van der Waals surface area contributed by atoms with Crippen LogP contribution in [0.4, 0.5) is 5.69 Å². The summed E-state index contributed by atoms with van der Waals surface area (Å²) in [6.07, 6.45) is 2.24. The first kappa shape index (κ1) is 28.0. The van der Waals surface area contributed by atoms with Crippen LogP contribution in [0.5, 0.6) is 0 Å². The highest BCUT2D eigenvalue weighted by Crippen LogP contribution is 2.30. The molecule has 0 heterocycles. The minimum atomic E-state index is -3.88. The molecule has 186 valence electrons. The highest BCUT2D eigenvalue weighted by Gasteiger charge is 2.31. The van der Waals surface area contributed by atoms with Crippen molar-refractivity contribution in [2.75, 3.05) is 23.7 Å². The zero-order valence-electron chi connectivity index (χ0n) is 19.8. The molecule has 2 atom stereocenters. The Balaban J connectivity index is 2.35. The van der Waals surface area contributed by atoms with E-state index in [-0.39, 0.29) is 34.2 Å². The Bertz CT molecular complexity index is 1100. The molecule has 0 saturated carbocycles. The number of rotatable bonds is 11. The maximum absolute atomic E-state index is 13.5. The molecular formula is C24H31Cl2N3O4S. The number of carbonyl (C=O) groups excluding carboxylic acids is 2. The van der Waals surface area contributed by atoms with Crippen LogP contribution in [0.25, 0.3) is 0 Å². The number of carbonyl (C=O) groups is 2. The maximum atomic E-state index is 13.5. The van der Waals surface area contributed by atoms with Crippen LogP contribution >= 0.6 is 23.2 Å². The predicted molar refractivity (Wildman–Crippen MR) is 138 cm³/mol. The lowest BCUT2D eigenvalue weighted by Crippen LogP contribution is -2.53. The molecule has 0 spiro atoms. The van der Waals surface area contributed by atoms with Gasteiger partial charge in [-0.15, -0.1) is 0 Å². The second-order valence-corrected chi connectivity index (χ2v) is 10.9. The van der Waals surface area contributed by atoms with Crippen molar-refractivity contribution >= 4 is 50.7 Å². The zero-order valence-corrected chi connectivity index (χ0v) is 22.1. The van der Waals surface area contributed by atoms with Crippen LogP contribution in [0.2, 0.25) is 10.0 Å². The highest BCUT2D eigenvalue weighted by atomic mass is 35.5. The van der Waals surface area contributed by atoms with Crippen LogP contribution in [0, 0.1) is 0 Å². The minimum absolute atomic E-state index is 0.0567. The minimum Gasteiger partial charge on any atom is -0.352 e. The summed E-state index contributed by atoms with van der Waals surface area (Å²) in [5, 5.41) is 3.31. The molecule has 0 fully saturated rings. The third kappa shape index (κ3) is 7.89. The molecule has 1 N–H and O–H groups in total. The van der Waals surface area contributed by atoms with Crippen LogP contribution in [-0.2, 0) is 26.0 Å². The standard InChI is InChI=1S/C24H31Cl2N3O4S/c1-5-17(2)27-24(31)18(3)28(14-13-19-9-7-6-8-10-19)23(30)16-29(34(4,32)33)22-15-20(25)11-12-21(22)26/h6-12,15,17-18H,5,13-14,16H2,1-4H3,(H,27,31). The molecule has 2 unspecified atom stereocenters. The molecule has 7 nitrogen and oxygen atoms in total. The van der Waals surface area contributed by atoms with Crippen LogP contribution in [-0.4, -0.2) is 56.6 Å². The SMILES string of the molecule is CCC(C)NC(=O)C(C)N(CCc1ccccc1)C(=O)CN(c1cc(Cl)ccc1Cl)S(C)(=O)=O. The lowest BCUT2D eigenvalue weighted by molar-refractivity contribution is -0.139. The second kappa shape index (κ2) is 12.4. The van der Waals surface area contributed by atoms with Crippen molar-refractivity contribution in [1.82, 2.24) is 10.2 Å². The van der Waals surface area contributed by atoms with E-state index in [2.05, 4.69) is 5.32 Å². The van der Waals surface area contributed by atoms with Gasteiger partial charge in [-0.25, -0.2) is 8.42 Å². The van der Waals surface area contributed by atoms with Crippen molar-refractivity contribution in [3.05, 3.63) is 64.1 Å². The van der Waals surface area contributed by atoms with Gasteiger partial charge in [-0.3, -0.25) is 13.9 Å². The third-order valence-corrected chi connectivity index (χ3v) is 7.19. The van der Waals surface area contributed by atoms with E-state index in [1.165, 1.54) is 23.1 Å². The zero-order chi connectivity index (χ0) is 25.5. The van der Waals surface area contributed by atoms with Gasteiger partial charge in [0.2, 0.25) is 21.8 Å².